The molecule has 0 bridgehead atoms. The number of hydrogen-bond acceptors (Lipinski definition) is 6. The first kappa shape index (κ1) is 34.8. The minimum Gasteiger partial charge on any atom is -0.323 e. The Labute approximate surface area is 265 Å². The zero-order valence-electron chi connectivity index (χ0n) is 26.4. The number of hydrazine groups is 1. The summed E-state index contributed by atoms with van der Waals surface area (Å²) in [6, 6.07) is 9.34. The van der Waals surface area contributed by atoms with Crippen molar-refractivity contribution in [3.8, 4) is 0 Å². The lowest BCUT2D eigenvalue weighted by Gasteiger charge is -2.32. The Kier molecular flexibility index (Phi) is 12.3. The fourth-order valence-electron chi connectivity index (χ4n) is 6.21. The van der Waals surface area contributed by atoms with Crippen LogP contribution >= 0.6 is 7.60 Å². The first-order valence-electron chi connectivity index (χ1n) is 16.3. The predicted octanol–water partition coefficient (Wildman–Crippen LogP) is 5.11. The Morgan fingerprint density at radius 2 is 1.42 bits per heavy atom. The average molecular weight is 643 g/mol. The highest BCUT2D eigenvalue weighted by Crippen LogP contribution is 2.42. The molecular weight excluding hydrogens is 595 g/mol. The number of benzene rings is 2. The van der Waals surface area contributed by atoms with Gasteiger partial charge in [-0.3, -0.25) is 44.4 Å². The normalized spacial score (nSPS) is 18.7. The van der Waals surface area contributed by atoms with Crippen LogP contribution in [0.15, 0.2) is 36.4 Å². The van der Waals surface area contributed by atoms with Crippen molar-refractivity contribution >= 4 is 42.0 Å². The Hall–Kier alpha value is -3.11. The molecule has 0 aromatic heterocycles. The molecule has 246 valence electrons. The molecule has 2 aliphatic rings. The summed E-state index contributed by atoms with van der Waals surface area (Å²) in [5, 5.41) is 5.54. The molecule has 45 heavy (non-hydrogen) atoms. The molecular formula is C33H47N4O7P. The Morgan fingerprint density at radius 3 is 1.98 bits per heavy atom. The fourth-order valence-corrected chi connectivity index (χ4v) is 7.04. The van der Waals surface area contributed by atoms with E-state index in [9.17, 15) is 33.5 Å². The molecule has 12 heteroatoms. The number of imide groups is 1. The molecule has 2 aliphatic heterocycles. The molecule has 1 unspecified atom stereocenters. The minimum atomic E-state index is -4.84. The zero-order chi connectivity index (χ0) is 32.6. The van der Waals surface area contributed by atoms with Crippen molar-refractivity contribution in [3.63, 3.8) is 0 Å². The van der Waals surface area contributed by atoms with Crippen LogP contribution in [0, 0.1) is 5.92 Å². The Balaban J connectivity index is 1.48. The average Bonchev–Trinajstić information content (AvgIpc) is 3.01. The van der Waals surface area contributed by atoms with Gasteiger partial charge in [-0.1, -0.05) is 83.1 Å². The van der Waals surface area contributed by atoms with Crippen molar-refractivity contribution in [3.05, 3.63) is 47.5 Å². The summed E-state index contributed by atoms with van der Waals surface area (Å²) in [5.74, 6) is -3.31. The Bertz CT molecular complexity index is 1370. The van der Waals surface area contributed by atoms with Crippen molar-refractivity contribution in [1.82, 2.24) is 20.7 Å². The minimum absolute atomic E-state index is 0.0151. The first-order valence-corrected chi connectivity index (χ1v) is 18.0. The molecule has 0 aliphatic carbocycles. The summed E-state index contributed by atoms with van der Waals surface area (Å²) in [6.07, 6.45) is 9.36. The topological polar surface area (TPSA) is 156 Å². The summed E-state index contributed by atoms with van der Waals surface area (Å²) >= 11 is 0. The standard InChI is InChI=1S/C33H47N4O7P/c1-23(2)22-27(31(39)35-37-20-11-9-7-5-3-4-6-8-10-18-29(37)38)34-28(45(42,43)44)19-21-36-32(40)25-16-12-14-24-15-13-17-26(30(24)25)33(36)41/h12-17,23,27-28,34H,3-11,18-22H2,1-2H3,(H,35,39)(H2,42,43,44)/t27-,28?/m0/s1. The van der Waals surface area contributed by atoms with Crippen molar-refractivity contribution < 1.29 is 33.5 Å². The van der Waals surface area contributed by atoms with Crippen LogP contribution in [-0.4, -0.2) is 68.2 Å². The van der Waals surface area contributed by atoms with Gasteiger partial charge in [0.25, 0.3) is 17.7 Å². The van der Waals surface area contributed by atoms with Gasteiger partial charge in [0.15, 0.2) is 0 Å². The fraction of sp³-hybridized carbons (Fsp3) is 0.576. The maximum Gasteiger partial charge on any atom is 0.342 e. The highest BCUT2D eigenvalue weighted by atomic mass is 31.2. The van der Waals surface area contributed by atoms with E-state index in [0.29, 0.717) is 29.5 Å². The molecule has 4 rings (SSSR count). The van der Waals surface area contributed by atoms with E-state index in [0.717, 1.165) is 55.2 Å². The summed E-state index contributed by atoms with van der Waals surface area (Å²) in [7, 11) is -4.84. The van der Waals surface area contributed by atoms with E-state index in [1.54, 1.807) is 24.3 Å². The van der Waals surface area contributed by atoms with Crippen LogP contribution in [-0.2, 0) is 14.2 Å². The summed E-state index contributed by atoms with van der Waals surface area (Å²) in [4.78, 5) is 75.0. The van der Waals surface area contributed by atoms with Crippen molar-refractivity contribution in [2.45, 2.75) is 103 Å². The third-order valence-electron chi connectivity index (χ3n) is 8.62. The predicted molar refractivity (Wildman–Crippen MR) is 172 cm³/mol. The monoisotopic (exact) mass is 642 g/mol. The molecule has 4 amide bonds. The molecule has 1 fully saturated rings. The molecule has 0 saturated carbocycles. The number of nitrogens with zero attached hydrogens (tertiary/aromatic N) is 2. The van der Waals surface area contributed by atoms with Crippen molar-refractivity contribution in [2.24, 2.45) is 5.92 Å². The second-order valence-electron chi connectivity index (χ2n) is 12.7. The molecule has 2 aromatic carbocycles. The van der Waals surface area contributed by atoms with Gasteiger partial charge in [-0.05, 0) is 49.1 Å². The molecule has 1 saturated heterocycles. The number of rotatable bonds is 10. The largest absolute Gasteiger partial charge is 0.342 e. The first-order chi connectivity index (χ1) is 21.5. The van der Waals surface area contributed by atoms with Crippen LogP contribution in [0.1, 0.15) is 112 Å². The summed E-state index contributed by atoms with van der Waals surface area (Å²) in [6.45, 7) is 3.89. The van der Waals surface area contributed by atoms with E-state index in [2.05, 4.69) is 10.7 Å². The third-order valence-corrected chi connectivity index (χ3v) is 9.84. The second-order valence-corrected chi connectivity index (χ2v) is 14.5. The highest BCUT2D eigenvalue weighted by molar-refractivity contribution is 7.52. The van der Waals surface area contributed by atoms with Crippen LogP contribution in [0.2, 0.25) is 0 Å². The van der Waals surface area contributed by atoms with Crippen LogP contribution in [0.3, 0.4) is 0 Å². The lowest BCUT2D eigenvalue weighted by atomic mass is 9.94. The Morgan fingerprint density at radius 1 is 0.867 bits per heavy atom. The number of nitrogens with one attached hydrogen (secondary N) is 2. The van der Waals surface area contributed by atoms with Crippen molar-refractivity contribution in [2.75, 3.05) is 13.1 Å². The van der Waals surface area contributed by atoms with E-state index in [4.69, 9.17) is 0 Å². The number of amides is 4. The van der Waals surface area contributed by atoms with E-state index in [1.165, 1.54) is 17.9 Å². The molecule has 11 nitrogen and oxygen atoms in total. The van der Waals surface area contributed by atoms with E-state index >= 15 is 0 Å². The maximum absolute atomic E-state index is 13.6. The van der Waals surface area contributed by atoms with Gasteiger partial charge in [0, 0.05) is 36.0 Å². The van der Waals surface area contributed by atoms with Gasteiger partial charge in [0.2, 0.25) is 5.91 Å². The summed E-state index contributed by atoms with van der Waals surface area (Å²) in [5.41, 5.74) is 3.46. The molecule has 0 spiro atoms. The molecule has 2 atom stereocenters. The van der Waals surface area contributed by atoms with Gasteiger partial charge in [0.1, 0.15) is 5.78 Å². The molecule has 0 radical (unpaired) electrons. The third kappa shape index (κ3) is 9.22. The van der Waals surface area contributed by atoms with Gasteiger partial charge >= 0.3 is 7.60 Å². The van der Waals surface area contributed by atoms with E-state index in [1.807, 2.05) is 26.0 Å². The molecule has 4 N–H and O–H groups in total. The summed E-state index contributed by atoms with van der Waals surface area (Å²) < 4.78 is 12.7. The highest BCUT2D eigenvalue weighted by Gasteiger charge is 2.37. The molecule has 2 heterocycles. The zero-order valence-corrected chi connectivity index (χ0v) is 27.3. The lowest BCUT2D eigenvalue weighted by Crippen LogP contribution is -2.55. The smallest absolute Gasteiger partial charge is 0.323 e. The van der Waals surface area contributed by atoms with E-state index in [-0.39, 0.29) is 31.2 Å². The van der Waals surface area contributed by atoms with Crippen molar-refractivity contribution in [1.29, 1.82) is 0 Å². The molecule has 2 aromatic rings. The quantitative estimate of drug-likeness (QED) is 0.206. The number of carbonyl (C=O) groups excluding carboxylic acids is 4. The van der Waals surface area contributed by atoms with Crippen LogP contribution in [0.4, 0.5) is 0 Å². The van der Waals surface area contributed by atoms with Crippen LogP contribution in [0.25, 0.3) is 10.8 Å². The van der Waals surface area contributed by atoms with Gasteiger partial charge in [-0.2, -0.15) is 0 Å². The van der Waals surface area contributed by atoms with Crippen LogP contribution in [0.5, 0.6) is 0 Å². The lowest BCUT2D eigenvalue weighted by molar-refractivity contribution is -0.142. The van der Waals surface area contributed by atoms with Gasteiger partial charge in [-0.25, -0.2) is 0 Å². The van der Waals surface area contributed by atoms with Crippen LogP contribution < -0.4 is 10.7 Å². The number of hydrogen-bond donors (Lipinski definition) is 4. The maximum atomic E-state index is 13.6. The SMILES string of the molecule is CC(C)C[C@H](NC(CCN1C(=O)c2cccc3cccc(c23)C1=O)P(=O)(O)O)C(=O)NN1CCCCCCCCCCCC1=O. The van der Waals surface area contributed by atoms with Gasteiger partial charge < -0.3 is 9.79 Å². The number of carbonyl (C=O) groups is 4. The second kappa shape index (κ2) is 15.9. The van der Waals surface area contributed by atoms with Gasteiger partial charge in [-0.15, -0.1) is 0 Å². The van der Waals surface area contributed by atoms with Gasteiger partial charge in [0.05, 0.1) is 6.04 Å². The van der Waals surface area contributed by atoms with E-state index < -0.39 is 37.1 Å².